The number of rotatable bonds is 19. The van der Waals surface area contributed by atoms with Gasteiger partial charge < -0.3 is 14.2 Å². The summed E-state index contributed by atoms with van der Waals surface area (Å²) in [6.45, 7) is 4.49. The van der Waals surface area contributed by atoms with E-state index in [0.717, 1.165) is 51.4 Å². The van der Waals surface area contributed by atoms with Gasteiger partial charge in [-0.1, -0.05) is 57.6 Å². The number of hydrogen-bond acceptors (Lipinski definition) is 5. The van der Waals surface area contributed by atoms with Crippen LogP contribution in [0.5, 0.6) is 0 Å². The van der Waals surface area contributed by atoms with Gasteiger partial charge in [0.1, 0.15) is 12.7 Å². The molecule has 0 aliphatic carbocycles. The Labute approximate surface area is 172 Å². The van der Waals surface area contributed by atoms with Gasteiger partial charge in [0.15, 0.2) is 0 Å². The second kappa shape index (κ2) is 20.4. The van der Waals surface area contributed by atoms with Crippen molar-refractivity contribution in [3.05, 3.63) is 12.2 Å². The SMILES string of the molecule is CCCCCC[C@H](C/C=C/CCCCCCCC(=O)OCCOC)OC(C)=O. The molecule has 0 spiro atoms. The van der Waals surface area contributed by atoms with E-state index in [-0.39, 0.29) is 18.0 Å². The Bertz CT molecular complexity index is 406. The average molecular weight is 399 g/mol. The summed E-state index contributed by atoms with van der Waals surface area (Å²) >= 11 is 0. The van der Waals surface area contributed by atoms with Crippen LogP contribution in [0.3, 0.4) is 0 Å². The van der Waals surface area contributed by atoms with Gasteiger partial charge >= 0.3 is 11.9 Å². The minimum atomic E-state index is -0.184. The van der Waals surface area contributed by atoms with Crippen LogP contribution in [0, 0.1) is 0 Å². The molecule has 0 aliphatic rings. The van der Waals surface area contributed by atoms with Crippen LogP contribution in [0.25, 0.3) is 0 Å². The first-order valence-electron chi connectivity index (χ1n) is 11.1. The van der Waals surface area contributed by atoms with E-state index in [2.05, 4.69) is 19.1 Å². The minimum Gasteiger partial charge on any atom is -0.463 e. The molecule has 0 aromatic rings. The minimum absolute atomic E-state index is 0.0225. The zero-order valence-corrected chi connectivity index (χ0v) is 18.4. The summed E-state index contributed by atoms with van der Waals surface area (Å²) in [5.74, 6) is -0.312. The van der Waals surface area contributed by atoms with Crippen molar-refractivity contribution in [2.75, 3.05) is 20.3 Å². The molecule has 0 aromatic carbocycles. The van der Waals surface area contributed by atoms with Crippen LogP contribution in [0.1, 0.15) is 97.3 Å². The molecule has 0 radical (unpaired) electrons. The highest BCUT2D eigenvalue weighted by Crippen LogP contribution is 2.13. The second-order valence-corrected chi connectivity index (χ2v) is 7.31. The van der Waals surface area contributed by atoms with Gasteiger partial charge in [0, 0.05) is 26.9 Å². The van der Waals surface area contributed by atoms with E-state index in [9.17, 15) is 9.59 Å². The lowest BCUT2D eigenvalue weighted by molar-refractivity contribution is -0.147. The van der Waals surface area contributed by atoms with E-state index < -0.39 is 0 Å². The number of hydrogen-bond donors (Lipinski definition) is 0. The Morgan fingerprint density at radius 2 is 1.61 bits per heavy atom. The Balaban J connectivity index is 3.64. The van der Waals surface area contributed by atoms with Crippen molar-refractivity contribution in [3.63, 3.8) is 0 Å². The molecule has 0 aliphatic heterocycles. The summed E-state index contributed by atoms with van der Waals surface area (Å²) in [5, 5.41) is 0. The Morgan fingerprint density at radius 3 is 2.32 bits per heavy atom. The van der Waals surface area contributed by atoms with Crippen molar-refractivity contribution >= 4 is 11.9 Å². The molecule has 0 saturated carbocycles. The number of carbonyl (C=O) groups is 2. The van der Waals surface area contributed by atoms with Gasteiger partial charge in [-0.3, -0.25) is 9.59 Å². The van der Waals surface area contributed by atoms with Crippen molar-refractivity contribution in [3.8, 4) is 0 Å². The van der Waals surface area contributed by atoms with Crippen molar-refractivity contribution < 1.29 is 23.8 Å². The largest absolute Gasteiger partial charge is 0.463 e. The van der Waals surface area contributed by atoms with Gasteiger partial charge in [0.2, 0.25) is 0 Å². The smallest absolute Gasteiger partial charge is 0.305 e. The third kappa shape index (κ3) is 19.4. The molecule has 5 nitrogen and oxygen atoms in total. The third-order valence-corrected chi connectivity index (χ3v) is 4.58. The molecule has 0 amide bonds. The molecule has 0 bridgehead atoms. The normalized spacial score (nSPS) is 12.2. The molecule has 164 valence electrons. The molecular weight excluding hydrogens is 356 g/mol. The molecular formula is C23H42O5. The van der Waals surface area contributed by atoms with Crippen LogP contribution in [0.15, 0.2) is 12.2 Å². The van der Waals surface area contributed by atoms with Crippen molar-refractivity contribution in [1.29, 1.82) is 0 Å². The molecule has 1 atom stereocenters. The number of allylic oxidation sites excluding steroid dienone is 1. The fourth-order valence-corrected chi connectivity index (χ4v) is 3.00. The van der Waals surface area contributed by atoms with E-state index in [0.29, 0.717) is 19.6 Å². The number of ether oxygens (including phenoxy) is 3. The summed E-state index contributed by atoms with van der Waals surface area (Å²) in [7, 11) is 1.59. The maximum Gasteiger partial charge on any atom is 0.305 e. The molecule has 0 N–H and O–H groups in total. The van der Waals surface area contributed by atoms with E-state index in [1.165, 1.54) is 32.6 Å². The Morgan fingerprint density at radius 1 is 0.893 bits per heavy atom. The molecule has 0 rings (SSSR count). The third-order valence-electron chi connectivity index (χ3n) is 4.58. The van der Waals surface area contributed by atoms with Gasteiger partial charge in [0.05, 0.1) is 6.61 Å². The molecule has 0 heterocycles. The van der Waals surface area contributed by atoms with E-state index in [4.69, 9.17) is 14.2 Å². The highest BCUT2D eigenvalue weighted by atomic mass is 16.6. The lowest BCUT2D eigenvalue weighted by Gasteiger charge is -2.15. The maximum atomic E-state index is 11.4. The highest BCUT2D eigenvalue weighted by Gasteiger charge is 2.09. The quantitative estimate of drug-likeness (QED) is 0.157. The van der Waals surface area contributed by atoms with Gasteiger partial charge in [-0.2, -0.15) is 0 Å². The van der Waals surface area contributed by atoms with Gasteiger partial charge in [-0.05, 0) is 32.1 Å². The van der Waals surface area contributed by atoms with Crippen LogP contribution < -0.4 is 0 Å². The predicted molar refractivity (Wildman–Crippen MR) is 113 cm³/mol. The van der Waals surface area contributed by atoms with Gasteiger partial charge in [0.25, 0.3) is 0 Å². The van der Waals surface area contributed by atoms with Crippen LogP contribution in [-0.2, 0) is 23.8 Å². The van der Waals surface area contributed by atoms with Gasteiger partial charge in [-0.25, -0.2) is 0 Å². The van der Waals surface area contributed by atoms with Crippen LogP contribution in [0.4, 0.5) is 0 Å². The van der Waals surface area contributed by atoms with Crippen LogP contribution in [-0.4, -0.2) is 38.4 Å². The monoisotopic (exact) mass is 398 g/mol. The molecule has 0 aromatic heterocycles. The lowest BCUT2D eigenvalue weighted by Crippen LogP contribution is -2.15. The van der Waals surface area contributed by atoms with Gasteiger partial charge in [-0.15, -0.1) is 0 Å². The van der Waals surface area contributed by atoms with Crippen molar-refractivity contribution in [1.82, 2.24) is 0 Å². The summed E-state index contributed by atoms with van der Waals surface area (Å²) in [6.07, 6.45) is 17.9. The summed E-state index contributed by atoms with van der Waals surface area (Å²) in [4.78, 5) is 22.7. The standard InChI is InChI=1S/C23H42O5/c1-4-5-6-13-16-22(28-21(2)24)17-14-11-9-7-8-10-12-15-18-23(25)27-20-19-26-3/h11,14,22H,4-10,12-13,15-20H2,1-3H3/b14-11+/t22-/m1/s1. The fourth-order valence-electron chi connectivity index (χ4n) is 3.00. The lowest BCUT2D eigenvalue weighted by atomic mass is 10.1. The van der Waals surface area contributed by atoms with E-state index in [1.807, 2.05) is 0 Å². The average Bonchev–Trinajstić information content (AvgIpc) is 2.66. The Kier molecular flexibility index (Phi) is 19.4. The maximum absolute atomic E-state index is 11.4. The first-order chi connectivity index (χ1) is 13.6. The fraction of sp³-hybridized carbons (Fsp3) is 0.826. The second-order valence-electron chi connectivity index (χ2n) is 7.31. The zero-order chi connectivity index (χ0) is 20.9. The first kappa shape index (κ1) is 26.6. The predicted octanol–water partition coefficient (Wildman–Crippen LogP) is 5.76. The first-order valence-corrected chi connectivity index (χ1v) is 11.1. The number of unbranched alkanes of at least 4 members (excludes halogenated alkanes) is 8. The number of esters is 2. The van der Waals surface area contributed by atoms with Crippen LogP contribution in [0.2, 0.25) is 0 Å². The molecule has 0 unspecified atom stereocenters. The van der Waals surface area contributed by atoms with Crippen molar-refractivity contribution in [2.45, 2.75) is 103 Å². The number of methoxy groups -OCH3 is 1. The van der Waals surface area contributed by atoms with E-state index >= 15 is 0 Å². The molecule has 0 saturated heterocycles. The topological polar surface area (TPSA) is 61.8 Å². The van der Waals surface area contributed by atoms with E-state index in [1.54, 1.807) is 7.11 Å². The Hall–Kier alpha value is -1.36. The van der Waals surface area contributed by atoms with Crippen molar-refractivity contribution in [2.24, 2.45) is 0 Å². The highest BCUT2D eigenvalue weighted by molar-refractivity contribution is 5.69. The number of carbonyl (C=O) groups excluding carboxylic acids is 2. The van der Waals surface area contributed by atoms with Crippen LogP contribution >= 0.6 is 0 Å². The zero-order valence-electron chi connectivity index (χ0n) is 18.4. The molecule has 0 fully saturated rings. The summed E-state index contributed by atoms with van der Waals surface area (Å²) in [6, 6.07) is 0. The summed E-state index contributed by atoms with van der Waals surface area (Å²) in [5.41, 5.74) is 0. The summed E-state index contributed by atoms with van der Waals surface area (Å²) < 4.78 is 15.3. The molecule has 28 heavy (non-hydrogen) atoms. The molecule has 5 heteroatoms.